The lowest BCUT2D eigenvalue weighted by molar-refractivity contribution is -0.118. The first-order valence-electron chi connectivity index (χ1n) is 12.1. The number of fused-ring (bicyclic) bond motifs is 1. The Hall–Kier alpha value is -4.03. The van der Waals surface area contributed by atoms with Crippen molar-refractivity contribution in [2.75, 3.05) is 37.4 Å². The van der Waals surface area contributed by atoms with Gasteiger partial charge in [0.1, 0.15) is 6.29 Å². The van der Waals surface area contributed by atoms with Crippen LogP contribution in [0.25, 0.3) is 11.3 Å². The summed E-state index contributed by atoms with van der Waals surface area (Å²) in [6, 6.07) is 21.0. The van der Waals surface area contributed by atoms with Crippen molar-refractivity contribution in [1.82, 2.24) is 4.90 Å². The minimum Gasteiger partial charge on any atom is -0.354 e. The number of hydrogen-bond acceptors (Lipinski definition) is 5. The van der Waals surface area contributed by atoms with Crippen LogP contribution < -0.4 is 10.2 Å². The van der Waals surface area contributed by atoms with Gasteiger partial charge in [-0.1, -0.05) is 42.5 Å². The second kappa shape index (κ2) is 11.1. The third-order valence-electron chi connectivity index (χ3n) is 6.44. The average molecular weight is 482 g/mol. The van der Waals surface area contributed by atoms with Crippen molar-refractivity contribution in [2.24, 2.45) is 0 Å². The SMILES string of the molecule is Cc1cc(C=O)ccc1/C(C=O)=C(/Nc1ccc2c(c1)CCN2C(=O)CCN(C)C)c1ccccc1. The first-order valence-corrected chi connectivity index (χ1v) is 12.1. The van der Waals surface area contributed by atoms with Crippen LogP contribution in [0.2, 0.25) is 0 Å². The topological polar surface area (TPSA) is 69.7 Å². The molecule has 3 aromatic rings. The molecule has 0 aromatic heterocycles. The van der Waals surface area contributed by atoms with Gasteiger partial charge in [0, 0.05) is 42.0 Å². The molecule has 1 aliphatic rings. The van der Waals surface area contributed by atoms with E-state index in [9.17, 15) is 14.4 Å². The summed E-state index contributed by atoms with van der Waals surface area (Å²) in [5, 5.41) is 3.48. The molecule has 4 rings (SSSR count). The molecule has 0 saturated heterocycles. The van der Waals surface area contributed by atoms with Crippen LogP contribution in [0.15, 0.2) is 66.7 Å². The van der Waals surface area contributed by atoms with Crippen LogP contribution in [0.5, 0.6) is 0 Å². The smallest absolute Gasteiger partial charge is 0.228 e. The molecular weight excluding hydrogens is 450 g/mol. The first kappa shape index (κ1) is 25.1. The highest BCUT2D eigenvalue weighted by atomic mass is 16.2. The molecule has 0 bridgehead atoms. The van der Waals surface area contributed by atoms with E-state index in [4.69, 9.17) is 0 Å². The number of allylic oxidation sites excluding steroid dienone is 1. The summed E-state index contributed by atoms with van der Waals surface area (Å²) in [7, 11) is 3.93. The van der Waals surface area contributed by atoms with Gasteiger partial charge in [-0.25, -0.2) is 0 Å². The lowest BCUT2D eigenvalue weighted by Crippen LogP contribution is -2.31. The molecule has 0 aliphatic carbocycles. The van der Waals surface area contributed by atoms with Crippen LogP contribution in [0, 0.1) is 6.92 Å². The van der Waals surface area contributed by atoms with Crippen molar-refractivity contribution in [3.63, 3.8) is 0 Å². The number of aryl methyl sites for hydroxylation is 1. The van der Waals surface area contributed by atoms with E-state index in [0.29, 0.717) is 29.8 Å². The number of rotatable bonds is 9. The largest absolute Gasteiger partial charge is 0.354 e. The number of benzene rings is 3. The Morgan fingerprint density at radius 1 is 1.03 bits per heavy atom. The summed E-state index contributed by atoms with van der Waals surface area (Å²) in [5.74, 6) is 0.130. The zero-order chi connectivity index (χ0) is 25.7. The minimum atomic E-state index is 0.130. The van der Waals surface area contributed by atoms with Gasteiger partial charge < -0.3 is 15.1 Å². The van der Waals surface area contributed by atoms with E-state index < -0.39 is 0 Å². The Morgan fingerprint density at radius 3 is 2.47 bits per heavy atom. The summed E-state index contributed by atoms with van der Waals surface area (Å²) < 4.78 is 0. The Bertz CT molecular complexity index is 1310. The first-order chi connectivity index (χ1) is 17.4. The molecule has 36 heavy (non-hydrogen) atoms. The molecule has 0 fully saturated rings. The van der Waals surface area contributed by atoms with E-state index in [1.165, 1.54) is 0 Å². The zero-order valence-electron chi connectivity index (χ0n) is 21.0. The van der Waals surface area contributed by atoms with E-state index in [-0.39, 0.29) is 5.91 Å². The van der Waals surface area contributed by atoms with E-state index in [1.54, 1.807) is 12.1 Å². The van der Waals surface area contributed by atoms with Gasteiger partial charge >= 0.3 is 0 Å². The van der Waals surface area contributed by atoms with Crippen molar-refractivity contribution in [2.45, 2.75) is 19.8 Å². The van der Waals surface area contributed by atoms with Gasteiger partial charge in [0.15, 0.2) is 6.29 Å². The van der Waals surface area contributed by atoms with E-state index in [2.05, 4.69) is 11.4 Å². The highest BCUT2D eigenvalue weighted by Gasteiger charge is 2.25. The maximum atomic E-state index is 12.7. The third-order valence-corrected chi connectivity index (χ3v) is 6.44. The number of carbonyl (C=O) groups excluding carboxylic acids is 3. The number of anilines is 2. The highest BCUT2D eigenvalue weighted by molar-refractivity contribution is 6.19. The van der Waals surface area contributed by atoms with Crippen molar-refractivity contribution in [3.8, 4) is 0 Å². The summed E-state index contributed by atoms with van der Waals surface area (Å²) in [5.41, 5.74) is 7.14. The van der Waals surface area contributed by atoms with E-state index in [0.717, 1.165) is 59.2 Å². The quantitative estimate of drug-likeness (QED) is 0.269. The molecule has 6 nitrogen and oxygen atoms in total. The zero-order valence-corrected chi connectivity index (χ0v) is 21.0. The van der Waals surface area contributed by atoms with Gasteiger partial charge in [-0.3, -0.25) is 14.4 Å². The molecule has 1 aliphatic heterocycles. The lowest BCUT2D eigenvalue weighted by Gasteiger charge is -2.20. The molecule has 0 spiro atoms. The Morgan fingerprint density at radius 2 is 1.81 bits per heavy atom. The number of aldehydes is 2. The highest BCUT2D eigenvalue weighted by Crippen LogP contribution is 2.34. The lowest BCUT2D eigenvalue weighted by atomic mass is 9.95. The fourth-order valence-electron chi connectivity index (χ4n) is 4.56. The van der Waals surface area contributed by atoms with Crippen molar-refractivity contribution >= 4 is 41.1 Å². The Labute approximate surface area is 212 Å². The average Bonchev–Trinajstić information content (AvgIpc) is 3.31. The Kier molecular flexibility index (Phi) is 7.76. The van der Waals surface area contributed by atoms with Gasteiger partial charge in [-0.05, 0) is 74.0 Å². The number of hydrogen-bond donors (Lipinski definition) is 1. The normalized spacial score (nSPS) is 13.3. The standard InChI is InChI=1S/C30H31N3O3/c1-21-17-22(19-34)9-11-26(21)27(20-35)30(23-7-5-4-6-8-23)31-25-10-12-28-24(18-25)13-16-33(28)29(36)14-15-32(2)3/h4-12,17-20,31H,13-16H2,1-3H3/b30-27+. The van der Waals surface area contributed by atoms with Crippen LogP contribution in [-0.4, -0.2) is 50.6 Å². The molecule has 1 N–H and O–H groups in total. The van der Waals surface area contributed by atoms with E-state index in [1.807, 2.05) is 79.3 Å². The third kappa shape index (κ3) is 5.44. The number of amides is 1. The molecule has 6 heteroatoms. The van der Waals surface area contributed by atoms with Crippen LogP contribution in [-0.2, 0) is 16.0 Å². The molecule has 3 aromatic carbocycles. The molecule has 0 unspecified atom stereocenters. The summed E-state index contributed by atoms with van der Waals surface area (Å²) in [6.45, 7) is 3.29. The molecular formula is C30H31N3O3. The summed E-state index contributed by atoms with van der Waals surface area (Å²) in [6.07, 6.45) is 2.93. The maximum Gasteiger partial charge on any atom is 0.228 e. The summed E-state index contributed by atoms with van der Waals surface area (Å²) >= 11 is 0. The molecule has 1 amide bonds. The molecule has 184 valence electrons. The molecule has 0 saturated carbocycles. The van der Waals surface area contributed by atoms with Gasteiger partial charge in [0.2, 0.25) is 5.91 Å². The van der Waals surface area contributed by atoms with Crippen molar-refractivity contribution in [3.05, 3.63) is 94.5 Å². The Balaban J connectivity index is 1.70. The van der Waals surface area contributed by atoms with Crippen LogP contribution in [0.4, 0.5) is 11.4 Å². The second-order valence-corrected chi connectivity index (χ2v) is 9.28. The predicted molar refractivity (Wildman–Crippen MR) is 145 cm³/mol. The van der Waals surface area contributed by atoms with Gasteiger partial charge in [0.25, 0.3) is 0 Å². The van der Waals surface area contributed by atoms with Gasteiger partial charge in [-0.2, -0.15) is 0 Å². The fourth-order valence-corrected chi connectivity index (χ4v) is 4.56. The van der Waals surface area contributed by atoms with Crippen molar-refractivity contribution < 1.29 is 14.4 Å². The van der Waals surface area contributed by atoms with Crippen LogP contribution in [0.3, 0.4) is 0 Å². The second-order valence-electron chi connectivity index (χ2n) is 9.28. The monoisotopic (exact) mass is 481 g/mol. The number of nitrogens with one attached hydrogen (secondary N) is 1. The van der Waals surface area contributed by atoms with Gasteiger partial charge in [0.05, 0.1) is 5.70 Å². The van der Waals surface area contributed by atoms with E-state index >= 15 is 0 Å². The minimum absolute atomic E-state index is 0.130. The number of carbonyl (C=O) groups is 3. The van der Waals surface area contributed by atoms with Crippen molar-refractivity contribution in [1.29, 1.82) is 0 Å². The maximum absolute atomic E-state index is 12.7. The molecule has 1 heterocycles. The fraction of sp³-hybridized carbons (Fsp3) is 0.233. The van der Waals surface area contributed by atoms with Crippen LogP contribution in [0.1, 0.15) is 39.0 Å². The molecule has 0 atom stereocenters. The molecule has 0 radical (unpaired) electrons. The van der Waals surface area contributed by atoms with Gasteiger partial charge in [-0.15, -0.1) is 0 Å². The number of nitrogens with zero attached hydrogens (tertiary/aromatic N) is 2. The van der Waals surface area contributed by atoms with Crippen LogP contribution >= 0.6 is 0 Å². The summed E-state index contributed by atoms with van der Waals surface area (Å²) in [4.78, 5) is 40.2. The predicted octanol–water partition coefficient (Wildman–Crippen LogP) is 4.83.